The molecule has 5 aromatic rings. The standard InChI is InChI=1S/C20H18N8O2S2/c1-29-11-7-8-12(14(9-11)30-2)22-18-24-16(23-17(21)25-18)10-31-19-26-27-20-28(19)13-5-3-4-6-15(13)32-20/h3-9H,10H2,1-2H3,(H3,21,22,23,24,25). The predicted octanol–water partition coefficient (Wildman–Crippen LogP) is 3.76. The highest BCUT2D eigenvalue weighted by atomic mass is 32.2. The molecule has 162 valence electrons. The Kier molecular flexibility index (Phi) is 5.37. The minimum atomic E-state index is 0.123. The van der Waals surface area contributed by atoms with E-state index < -0.39 is 0 Å². The number of nitrogen functional groups attached to an aromatic ring is 1. The summed E-state index contributed by atoms with van der Waals surface area (Å²) in [7, 11) is 3.18. The number of para-hydroxylation sites is 1. The second-order valence-corrected chi connectivity index (χ2v) is 8.54. The molecule has 3 N–H and O–H groups in total. The molecule has 2 aromatic carbocycles. The summed E-state index contributed by atoms with van der Waals surface area (Å²) in [4.78, 5) is 13.8. The topological polar surface area (TPSA) is 125 Å². The summed E-state index contributed by atoms with van der Waals surface area (Å²) in [5, 5.41) is 12.5. The number of hydrogen-bond donors (Lipinski definition) is 2. The Labute approximate surface area is 190 Å². The van der Waals surface area contributed by atoms with Gasteiger partial charge in [0.15, 0.2) is 5.16 Å². The predicted molar refractivity (Wildman–Crippen MR) is 125 cm³/mol. The van der Waals surface area contributed by atoms with Crippen LogP contribution in [0, 0.1) is 0 Å². The number of hydrogen-bond acceptors (Lipinski definition) is 11. The highest BCUT2D eigenvalue weighted by molar-refractivity contribution is 7.98. The lowest BCUT2D eigenvalue weighted by Crippen LogP contribution is -2.07. The van der Waals surface area contributed by atoms with Gasteiger partial charge in [0.2, 0.25) is 16.9 Å². The van der Waals surface area contributed by atoms with Gasteiger partial charge in [-0.1, -0.05) is 35.2 Å². The minimum absolute atomic E-state index is 0.123. The number of aromatic nitrogens is 6. The van der Waals surface area contributed by atoms with E-state index in [-0.39, 0.29) is 5.95 Å². The average molecular weight is 467 g/mol. The Bertz CT molecular complexity index is 1420. The Morgan fingerprint density at radius 1 is 1.06 bits per heavy atom. The van der Waals surface area contributed by atoms with Crippen LogP contribution in [0.1, 0.15) is 5.82 Å². The summed E-state index contributed by atoms with van der Waals surface area (Å²) in [6.07, 6.45) is 0. The number of nitrogens with two attached hydrogens (primary N) is 1. The molecule has 10 nitrogen and oxygen atoms in total. The number of thiazole rings is 1. The minimum Gasteiger partial charge on any atom is -0.497 e. The SMILES string of the molecule is COc1ccc(Nc2nc(N)nc(CSc3nnc4sc5ccccc5n34)n2)c(OC)c1. The van der Waals surface area contributed by atoms with Crippen molar-refractivity contribution in [1.82, 2.24) is 29.5 Å². The summed E-state index contributed by atoms with van der Waals surface area (Å²) in [6.45, 7) is 0. The molecule has 12 heteroatoms. The van der Waals surface area contributed by atoms with Crippen LogP contribution >= 0.6 is 23.1 Å². The van der Waals surface area contributed by atoms with Crippen LogP contribution < -0.4 is 20.5 Å². The van der Waals surface area contributed by atoms with E-state index in [1.807, 2.05) is 28.7 Å². The van der Waals surface area contributed by atoms with Crippen LogP contribution in [0.2, 0.25) is 0 Å². The molecular formula is C20H18N8O2S2. The lowest BCUT2D eigenvalue weighted by molar-refractivity contribution is 0.395. The largest absolute Gasteiger partial charge is 0.497 e. The molecule has 0 aliphatic carbocycles. The number of fused-ring (bicyclic) bond motifs is 3. The molecule has 0 fully saturated rings. The number of rotatable bonds is 7. The molecule has 0 unspecified atom stereocenters. The molecule has 0 amide bonds. The number of ether oxygens (including phenoxy) is 2. The van der Waals surface area contributed by atoms with Crippen LogP contribution in [0.15, 0.2) is 47.6 Å². The average Bonchev–Trinajstić information content (AvgIpc) is 3.37. The van der Waals surface area contributed by atoms with Crippen molar-refractivity contribution in [2.45, 2.75) is 10.9 Å². The molecule has 0 atom stereocenters. The fraction of sp³-hybridized carbons (Fsp3) is 0.150. The third-order valence-electron chi connectivity index (χ3n) is 4.60. The number of thioether (sulfide) groups is 1. The van der Waals surface area contributed by atoms with Crippen LogP contribution in [0.5, 0.6) is 11.5 Å². The number of methoxy groups -OCH3 is 2. The monoisotopic (exact) mass is 466 g/mol. The van der Waals surface area contributed by atoms with Crippen molar-refractivity contribution < 1.29 is 9.47 Å². The Morgan fingerprint density at radius 3 is 2.78 bits per heavy atom. The van der Waals surface area contributed by atoms with Crippen LogP contribution in [0.25, 0.3) is 15.2 Å². The van der Waals surface area contributed by atoms with Gasteiger partial charge >= 0.3 is 0 Å². The zero-order valence-corrected chi connectivity index (χ0v) is 18.8. The molecule has 0 saturated heterocycles. The van der Waals surface area contributed by atoms with Crippen LogP contribution in [-0.4, -0.2) is 43.8 Å². The molecule has 0 radical (unpaired) electrons. The zero-order valence-electron chi connectivity index (χ0n) is 17.1. The van der Waals surface area contributed by atoms with E-state index in [9.17, 15) is 0 Å². The Balaban J connectivity index is 1.39. The summed E-state index contributed by atoms with van der Waals surface area (Å²) in [5.74, 6) is 2.69. The van der Waals surface area contributed by atoms with Gasteiger partial charge in [0.25, 0.3) is 0 Å². The first kappa shape index (κ1) is 20.3. The molecule has 0 spiro atoms. The van der Waals surface area contributed by atoms with Crippen molar-refractivity contribution in [2.75, 3.05) is 25.3 Å². The Hall–Kier alpha value is -3.64. The molecule has 32 heavy (non-hydrogen) atoms. The van der Waals surface area contributed by atoms with Gasteiger partial charge in [-0.15, -0.1) is 10.2 Å². The second kappa shape index (κ2) is 8.48. The van der Waals surface area contributed by atoms with Crippen LogP contribution in [-0.2, 0) is 5.75 Å². The number of anilines is 3. The van der Waals surface area contributed by atoms with E-state index in [0.29, 0.717) is 34.7 Å². The van der Waals surface area contributed by atoms with Gasteiger partial charge in [-0.05, 0) is 24.3 Å². The van der Waals surface area contributed by atoms with Crippen molar-refractivity contribution >= 4 is 55.9 Å². The van der Waals surface area contributed by atoms with Gasteiger partial charge in [-0.3, -0.25) is 4.40 Å². The highest BCUT2D eigenvalue weighted by Crippen LogP contribution is 2.32. The third-order valence-corrected chi connectivity index (χ3v) is 6.53. The second-order valence-electron chi connectivity index (χ2n) is 6.58. The van der Waals surface area contributed by atoms with Crippen molar-refractivity contribution in [3.8, 4) is 11.5 Å². The maximum atomic E-state index is 5.93. The molecular weight excluding hydrogens is 448 g/mol. The van der Waals surface area contributed by atoms with Crippen molar-refractivity contribution in [2.24, 2.45) is 0 Å². The summed E-state index contributed by atoms with van der Waals surface area (Å²) in [5.41, 5.74) is 7.69. The Morgan fingerprint density at radius 2 is 1.94 bits per heavy atom. The van der Waals surface area contributed by atoms with E-state index in [0.717, 1.165) is 20.3 Å². The molecule has 0 bridgehead atoms. The molecule has 0 aliphatic heterocycles. The lowest BCUT2D eigenvalue weighted by atomic mass is 10.2. The maximum Gasteiger partial charge on any atom is 0.232 e. The van der Waals surface area contributed by atoms with E-state index in [1.165, 1.54) is 11.8 Å². The smallest absolute Gasteiger partial charge is 0.232 e. The highest BCUT2D eigenvalue weighted by Gasteiger charge is 2.14. The third kappa shape index (κ3) is 3.85. The summed E-state index contributed by atoms with van der Waals surface area (Å²) in [6, 6.07) is 13.5. The summed E-state index contributed by atoms with van der Waals surface area (Å²) >= 11 is 3.08. The van der Waals surface area contributed by atoms with Gasteiger partial charge in [0.05, 0.1) is 35.9 Å². The lowest BCUT2D eigenvalue weighted by Gasteiger charge is -2.12. The number of nitrogens with one attached hydrogen (secondary N) is 1. The molecule has 3 aromatic heterocycles. The van der Waals surface area contributed by atoms with Crippen LogP contribution in [0.3, 0.4) is 0 Å². The van der Waals surface area contributed by atoms with Gasteiger partial charge in [-0.2, -0.15) is 15.0 Å². The van der Waals surface area contributed by atoms with E-state index in [2.05, 4.69) is 42.6 Å². The van der Waals surface area contributed by atoms with Crippen molar-refractivity contribution in [3.63, 3.8) is 0 Å². The molecule has 0 aliphatic rings. The molecule has 3 heterocycles. The van der Waals surface area contributed by atoms with Crippen molar-refractivity contribution in [3.05, 3.63) is 48.3 Å². The van der Waals surface area contributed by atoms with Crippen molar-refractivity contribution in [1.29, 1.82) is 0 Å². The van der Waals surface area contributed by atoms with E-state index >= 15 is 0 Å². The first-order valence-corrected chi connectivity index (χ1v) is 11.3. The molecule has 5 rings (SSSR count). The number of nitrogens with zero attached hydrogens (tertiary/aromatic N) is 6. The maximum absolute atomic E-state index is 5.93. The van der Waals surface area contributed by atoms with Gasteiger partial charge in [-0.25, -0.2) is 0 Å². The fourth-order valence-electron chi connectivity index (χ4n) is 3.16. The fourth-order valence-corrected chi connectivity index (χ4v) is 4.98. The first-order valence-electron chi connectivity index (χ1n) is 9.49. The number of benzene rings is 2. The van der Waals surface area contributed by atoms with Gasteiger partial charge in [0, 0.05) is 6.07 Å². The zero-order chi connectivity index (χ0) is 22.1. The first-order chi connectivity index (χ1) is 15.6. The summed E-state index contributed by atoms with van der Waals surface area (Å²) < 4.78 is 13.8. The van der Waals surface area contributed by atoms with E-state index in [4.69, 9.17) is 15.2 Å². The quantitative estimate of drug-likeness (QED) is 0.342. The molecule has 0 saturated carbocycles. The van der Waals surface area contributed by atoms with Gasteiger partial charge in [0.1, 0.15) is 17.3 Å². The normalized spacial score (nSPS) is 11.2. The van der Waals surface area contributed by atoms with Gasteiger partial charge < -0.3 is 20.5 Å². The van der Waals surface area contributed by atoms with Crippen LogP contribution in [0.4, 0.5) is 17.6 Å². The van der Waals surface area contributed by atoms with E-state index in [1.54, 1.807) is 31.6 Å².